The van der Waals surface area contributed by atoms with Crippen molar-refractivity contribution in [2.24, 2.45) is 0 Å². The lowest BCUT2D eigenvalue weighted by Gasteiger charge is -2.06. The van der Waals surface area contributed by atoms with E-state index in [9.17, 15) is 21.0 Å². The lowest BCUT2D eigenvalue weighted by atomic mass is 9.91. The Bertz CT molecular complexity index is 849. The van der Waals surface area contributed by atoms with Crippen LogP contribution in [0, 0.1) is 45.3 Å². The number of nitriles is 4. The van der Waals surface area contributed by atoms with Gasteiger partial charge in [-0.05, 0) is 0 Å². The third-order valence-electron chi connectivity index (χ3n) is 3.83. The number of rotatable bonds is 4. The molecule has 128 valence electrons. The SMILES string of the molecule is COC1=C(C#N)C(=C2C(C#N)=C(OC)C(OC)=C2C#N)C(C#N)=C1OC. The molecule has 0 radical (unpaired) electrons. The van der Waals surface area contributed by atoms with Crippen LogP contribution in [0.1, 0.15) is 0 Å². The van der Waals surface area contributed by atoms with E-state index in [0.29, 0.717) is 0 Å². The van der Waals surface area contributed by atoms with E-state index in [2.05, 4.69) is 0 Å². The summed E-state index contributed by atoms with van der Waals surface area (Å²) < 4.78 is 20.9. The minimum absolute atomic E-state index is 0.0239. The molecular formula is C18H12N4O4. The predicted molar refractivity (Wildman–Crippen MR) is 85.6 cm³/mol. The minimum Gasteiger partial charge on any atom is -0.491 e. The number of hydrogen-bond acceptors (Lipinski definition) is 8. The van der Waals surface area contributed by atoms with E-state index >= 15 is 0 Å². The fourth-order valence-electron chi connectivity index (χ4n) is 2.86. The first-order chi connectivity index (χ1) is 12.6. The molecule has 0 unspecified atom stereocenters. The smallest absolute Gasteiger partial charge is 0.180 e. The lowest BCUT2D eigenvalue weighted by Crippen LogP contribution is -1.99. The molecule has 2 aliphatic rings. The quantitative estimate of drug-likeness (QED) is 0.753. The third kappa shape index (κ3) is 2.26. The van der Waals surface area contributed by atoms with E-state index in [1.807, 2.05) is 24.3 Å². The van der Waals surface area contributed by atoms with Gasteiger partial charge in [0.2, 0.25) is 0 Å². The van der Waals surface area contributed by atoms with Gasteiger partial charge < -0.3 is 18.9 Å². The van der Waals surface area contributed by atoms with Gasteiger partial charge >= 0.3 is 0 Å². The highest BCUT2D eigenvalue weighted by Gasteiger charge is 2.41. The summed E-state index contributed by atoms with van der Waals surface area (Å²) in [5.74, 6) is 0.198. The maximum atomic E-state index is 9.61. The molecule has 2 aliphatic carbocycles. The molecule has 0 N–H and O–H groups in total. The molecule has 0 bridgehead atoms. The first-order valence-corrected chi connectivity index (χ1v) is 7.09. The zero-order chi connectivity index (χ0) is 19.4. The average molecular weight is 348 g/mol. The molecule has 0 atom stereocenters. The van der Waals surface area contributed by atoms with Gasteiger partial charge in [0.05, 0.1) is 28.4 Å². The van der Waals surface area contributed by atoms with Crippen LogP contribution in [0.3, 0.4) is 0 Å². The van der Waals surface area contributed by atoms with Crippen molar-refractivity contribution in [2.45, 2.75) is 0 Å². The van der Waals surface area contributed by atoms with Crippen molar-refractivity contribution in [1.29, 1.82) is 21.0 Å². The Morgan fingerprint density at radius 2 is 0.654 bits per heavy atom. The number of methoxy groups -OCH3 is 4. The topological polar surface area (TPSA) is 132 Å². The summed E-state index contributed by atoms with van der Waals surface area (Å²) in [6.45, 7) is 0. The van der Waals surface area contributed by atoms with Crippen molar-refractivity contribution in [2.75, 3.05) is 28.4 Å². The Labute approximate surface area is 150 Å². The molecule has 8 nitrogen and oxygen atoms in total. The second kappa shape index (κ2) is 7.18. The third-order valence-corrected chi connectivity index (χ3v) is 3.83. The van der Waals surface area contributed by atoms with E-state index in [-0.39, 0.29) is 56.5 Å². The molecule has 0 aromatic heterocycles. The summed E-state index contributed by atoms with van der Waals surface area (Å²) in [6, 6.07) is 7.82. The summed E-state index contributed by atoms with van der Waals surface area (Å²) in [5, 5.41) is 38.5. The van der Waals surface area contributed by atoms with Gasteiger partial charge in [-0.3, -0.25) is 0 Å². The molecule has 0 heterocycles. The van der Waals surface area contributed by atoms with E-state index in [4.69, 9.17) is 18.9 Å². The average Bonchev–Trinajstić information content (AvgIpc) is 3.16. The Morgan fingerprint density at radius 1 is 0.462 bits per heavy atom. The molecule has 0 saturated heterocycles. The fraction of sp³-hybridized carbons (Fsp3) is 0.222. The normalized spacial score (nSPS) is 16.3. The molecule has 0 aromatic rings. The van der Waals surface area contributed by atoms with Gasteiger partial charge in [-0.15, -0.1) is 0 Å². The molecule has 0 fully saturated rings. The van der Waals surface area contributed by atoms with Crippen LogP contribution in [0.2, 0.25) is 0 Å². The van der Waals surface area contributed by atoms with Crippen molar-refractivity contribution < 1.29 is 18.9 Å². The first-order valence-electron chi connectivity index (χ1n) is 7.09. The van der Waals surface area contributed by atoms with Crippen LogP contribution in [0.5, 0.6) is 0 Å². The molecule has 0 aromatic carbocycles. The largest absolute Gasteiger partial charge is 0.491 e. The number of ether oxygens (including phenoxy) is 4. The van der Waals surface area contributed by atoms with Crippen LogP contribution in [-0.2, 0) is 18.9 Å². The Kier molecular flexibility index (Phi) is 5.02. The predicted octanol–water partition coefficient (Wildman–Crippen LogP) is 2.01. The van der Waals surface area contributed by atoms with Gasteiger partial charge in [0, 0.05) is 11.1 Å². The van der Waals surface area contributed by atoms with Crippen LogP contribution < -0.4 is 0 Å². The Morgan fingerprint density at radius 3 is 0.769 bits per heavy atom. The zero-order valence-corrected chi connectivity index (χ0v) is 14.4. The Balaban J connectivity index is 3.09. The van der Waals surface area contributed by atoms with E-state index in [1.54, 1.807) is 0 Å². The molecule has 26 heavy (non-hydrogen) atoms. The van der Waals surface area contributed by atoms with Crippen LogP contribution in [0.4, 0.5) is 0 Å². The number of allylic oxidation sites excluding steroid dienone is 6. The monoisotopic (exact) mass is 348 g/mol. The van der Waals surface area contributed by atoms with E-state index in [1.165, 1.54) is 28.4 Å². The van der Waals surface area contributed by atoms with Crippen LogP contribution in [0.15, 0.2) is 56.5 Å². The van der Waals surface area contributed by atoms with Gasteiger partial charge in [0.1, 0.15) is 46.6 Å². The summed E-state index contributed by atoms with van der Waals surface area (Å²) in [5.41, 5.74) is 0.0404. The highest BCUT2D eigenvalue weighted by atomic mass is 16.5. The van der Waals surface area contributed by atoms with Crippen molar-refractivity contribution >= 4 is 0 Å². The standard InChI is InChI=1S/C18H12N4O4/c1-23-15-9(5-19)13(10(6-20)16(15)24-2)14-11(7-21)17(25-3)18(26-4)12(14)8-22/h1-4H3. The summed E-state index contributed by atoms with van der Waals surface area (Å²) >= 11 is 0. The van der Waals surface area contributed by atoms with Crippen molar-refractivity contribution in [3.8, 4) is 24.3 Å². The second-order valence-corrected chi connectivity index (χ2v) is 4.83. The van der Waals surface area contributed by atoms with Gasteiger partial charge in [-0.2, -0.15) is 21.0 Å². The summed E-state index contributed by atoms with van der Waals surface area (Å²) in [6.07, 6.45) is 0. The van der Waals surface area contributed by atoms with Crippen molar-refractivity contribution in [3.05, 3.63) is 56.5 Å². The van der Waals surface area contributed by atoms with Crippen LogP contribution in [0.25, 0.3) is 0 Å². The fourth-order valence-corrected chi connectivity index (χ4v) is 2.86. The molecule has 0 amide bonds. The van der Waals surface area contributed by atoms with Gasteiger partial charge in [0.25, 0.3) is 0 Å². The maximum Gasteiger partial charge on any atom is 0.180 e. The van der Waals surface area contributed by atoms with Gasteiger partial charge in [0.15, 0.2) is 23.0 Å². The van der Waals surface area contributed by atoms with E-state index < -0.39 is 0 Å². The highest BCUT2D eigenvalue weighted by molar-refractivity contribution is 5.81. The zero-order valence-electron chi connectivity index (χ0n) is 14.4. The molecular weight excluding hydrogens is 336 g/mol. The molecule has 0 saturated carbocycles. The summed E-state index contributed by atoms with van der Waals surface area (Å²) in [4.78, 5) is 0. The van der Waals surface area contributed by atoms with Crippen molar-refractivity contribution in [1.82, 2.24) is 0 Å². The number of hydrogen-bond donors (Lipinski definition) is 0. The van der Waals surface area contributed by atoms with Crippen LogP contribution in [-0.4, -0.2) is 28.4 Å². The second-order valence-electron chi connectivity index (χ2n) is 4.83. The lowest BCUT2D eigenvalue weighted by molar-refractivity contribution is 0.220. The van der Waals surface area contributed by atoms with Crippen molar-refractivity contribution in [3.63, 3.8) is 0 Å². The summed E-state index contributed by atoms with van der Waals surface area (Å²) in [7, 11) is 5.30. The maximum absolute atomic E-state index is 9.61. The number of nitrogens with zero attached hydrogens (tertiary/aromatic N) is 4. The molecule has 0 aliphatic heterocycles. The van der Waals surface area contributed by atoms with Gasteiger partial charge in [-0.1, -0.05) is 0 Å². The molecule has 8 heteroatoms. The first kappa shape index (κ1) is 18.2. The van der Waals surface area contributed by atoms with Crippen LogP contribution >= 0.6 is 0 Å². The Hall–Kier alpha value is -4.14. The molecule has 0 spiro atoms. The van der Waals surface area contributed by atoms with E-state index in [0.717, 1.165) is 0 Å². The minimum atomic E-state index is -0.0239. The molecule has 2 rings (SSSR count). The highest BCUT2D eigenvalue weighted by Crippen LogP contribution is 2.46. The van der Waals surface area contributed by atoms with Gasteiger partial charge in [-0.25, -0.2) is 0 Å².